The van der Waals surface area contributed by atoms with E-state index >= 15 is 0 Å². The molecule has 3 aliphatic rings. The van der Waals surface area contributed by atoms with Crippen LogP contribution in [0, 0.1) is 0 Å². The molecule has 0 bridgehead atoms. The Labute approximate surface area is 309 Å². The van der Waals surface area contributed by atoms with Gasteiger partial charge in [-0.2, -0.15) is 0 Å². The van der Waals surface area contributed by atoms with Crippen molar-refractivity contribution in [3.05, 3.63) is 77.1 Å². The molecular formula is C39H47ClN8O4. The molecule has 3 amide bonds. The van der Waals surface area contributed by atoms with Gasteiger partial charge in [0.2, 0.25) is 5.91 Å². The molecule has 0 aliphatic carbocycles. The van der Waals surface area contributed by atoms with Crippen molar-refractivity contribution >= 4 is 40.4 Å². The van der Waals surface area contributed by atoms with E-state index in [9.17, 15) is 14.4 Å². The lowest BCUT2D eigenvalue weighted by molar-refractivity contribution is -0.133. The van der Waals surface area contributed by atoms with Crippen molar-refractivity contribution in [2.75, 3.05) is 32.7 Å². The number of piperidine rings is 1. The summed E-state index contributed by atoms with van der Waals surface area (Å²) in [5.74, 6) is 0.0320. The van der Waals surface area contributed by atoms with Gasteiger partial charge in [-0.05, 0) is 78.1 Å². The second-order valence-corrected chi connectivity index (χ2v) is 15.8. The van der Waals surface area contributed by atoms with Crippen LogP contribution in [0.15, 0.2) is 60.8 Å². The zero-order valence-electron chi connectivity index (χ0n) is 30.5. The van der Waals surface area contributed by atoms with E-state index in [1.807, 2.05) is 91.4 Å². The number of pyridine rings is 1. The average molecular weight is 727 g/mol. The number of hydrogen-bond acceptors (Lipinski definition) is 8. The Morgan fingerprint density at radius 3 is 2.31 bits per heavy atom. The number of ether oxygens (including phenoxy) is 1. The van der Waals surface area contributed by atoms with Gasteiger partial charge in [-0.15, -0.1) is 5.10 Å². The quantitative estimate of drug-likeness (QED) is 0.236. The molecule has 7 rings (SSSR count). The average Bonchev–Trinajstić information content (AvgIpc) is 3.74. The summed E-state index contributed by atoms with van der Waals surface area (Å²) in [6, 6.07) is 17.0. The largest absolute Gasteiger partial charge is 0.444 e. The second kappa shape index (κ2) is 14.5. The van der Waals surface area contributed by atoms with Gasteiger partial charge >= 0.3 is 6.09 Å². The molecule has 2 aromatic carbocycles. The summed E-state index contributed by atoms with van der Waals surface area (Å²) in [6.45, 7) is 13.3. The van der Waals surface area contributed by atoms with Crippen molar-refractivity contribution in [3.63, 3.8) is 0 Å². The van der Waals surface area contributed by atoms with Crippen LogP contribution in [0.2, 0.25) is 5.02 Å². The Morgan fingerprint density at radius 1 is 0.923 bits per heavy atom. The first-order chi connectivity index (χ1) is 24.8. The maximum absolute atomic E-state index is 14.0. The lowest BCUT2D eigenvalue weighted by atomic mass is 10.00. The van der Waals surface area contributed by atoms with Crippen molar-refractivity contribution < 1.29 is 19.1 Å². The number of fused-ring (bicyclic) bond motifs is 1. The minimum atomic E-state index is -0.538. The predicted octanol–water partition coefficient (Wildman–Crippen LogP) is 6.05. The Morgan fingerprint density at radius 2 is 1.62 bits per heavy atom. The third-order valence-electron chi connectivity index (χ3n) is 10.5. The number of likely N-dealkylation sites (tertiary alicyclic amines) is 2. The second-order valence-electron chi connectivity index (χ2n) is 15.4. The maximum Gasteiger partial charge on any atom is 0.410 e. The van der Waals surface area contributed by atoms with Crippen LogP contribution in [0.25, 0.3) is 22.2 Å². The maximum atomic E-state index is 14.0. The molecule has 3 aliphatic heterocycles. The number of hydrogen-bond donors (Lipinski definition) is 0. The summed E-state index contributed by atoms with van der Waals surface area (Å²) in [5.41, 5.74) is 3.27. The van der Waals surface area contributed by atoms with Crippen LogP contribution in [0.3, 0.4) is 0 Å². The van der Waals surface area contributed by atoms with Crippen LogP contribution in [-0.2, 0) is 16.1 Å². The molecule has 13 heteroatoms. The van der Waals surface area contributed by atoms with Gasteiger partial charge in [0.05, 0.1) is 28.7 Å². The van der Waals surface area contributed by atoms with E-state index in [4.69, 9.17) is 21.3 Å². The van der Waals surface area contributed by atoms with Crippen molar-refractivity contribution in [3.8, 4) is 11.3 Å². The van der Waals surface area contributed by atoms with Gasteiger partial charge in [0.15, 0.2) is 0 Å². The molecule has 3 saturated heterocycles. The van der Waals surface area contributed by atoms with Gasteiger partial charge in [-0.1, -0.05) is 47.1 Å². The Kier molecular flexibility index (Phi) is 9.97. The van der Waals surface area contributed by atoms with Crippen LogP contribution in [0.5, 0.6) is 0 Å². The smallest absolute Gasteiger partial charge is 0.410 e. The van der Waals surface area contributed by atoms with Crippen molar-refractivity contribution in [1.29, 1.82) is 0 Å². The highest BCUT2D eigenvalue weighted by Gasteiger charge is 2.40. The standard InChI is InChI=1S/C39H47ClN8O4/c1-25-21-45(38(51)52-39(3,4)5)22-26(2)47(25)23-29-24-48(43-42-29)35-16-19-46(37(35)50)30-14-17-44(18-15-30)36(49)32-20-34(27-10-12-28(40)13-11-27)41-33-9-7-6-8-31(32)33/h6-13,20,24-26,30,35H,14-19,21-23H2,1-5H3/t25-,26+,35?. The molecule has 3 atom stereocenters. The Hall–Kier alpha value is -4.55. The van der Waals surface area contributed by atoms with E-state index in [-0.39, 0.29) is 36.0 Å². The molecule has 1 unspecified atom stereocenters. The van der Waals surface area contributed by atoms with Crippen molar-refractivity contribution in [1.82, 2.24) is 39.6 Å². The van der Waals surface area contributed by atoms with Crippen molar-refractivity contribution in [2.24, 2.45) is 0 Å². The summed E-state index contributed by atoms with van der Waals surface area (Å²) in [4.78, 5) is 53.3. The third kappa shape index (κ3) is 7.50. The number of para-hydroxylation sites is 1. The molecule has 2 aromatic heterocycles. The number of benzene rings is 2. The number of aromatic nitrogens is 4. The molecule has 12 nitrogen and oxygen atoms in total. The zero-order valence-corrected chi connectivity index (χ0v) is 31.3. The minimum Gasteiger partial charge on any atom is -0.444 e. The molecule has 0 radical (unpaired) electrons. The van der Waals surface area contributed by atoms with Crippen LogP contribution in [0.1, 0.15) is 76.0 Å². The highest BCUT2D eigenvalue weighted by atomic mass is 35.5. The van der Waals surface area contributed by atoms with E-state index in [2.05, 4.69) is 29.1 Å². The minimum absolute atomic E-state index is 0.0251. The Bertz CT molecular complexity index is 1940. The first-order valence-electron chi connectivity index (χ1n) is 18.2. The van der Waals surface area contributed by atoms with Gasteiger partial charge in [-0.25, -0.2) is 14.5 Å². The fraction of sp³-hybridized carbons (Fsp3) is 0.487. The molecule has 0 spiro atoms. The van der Waals surface area contributed by atoms with E-state index < -0.39 is 11.6 Å². The number of piperazine rings is 1. The number of amides is 3. The molecule has 3 fully saturated rings. The van der Waals surface area contributed by atoms with E-state index in [1.165, 1.54) is 0 Å². The lowest BCUT2D eigenvalue weighted by Crippen LogP contribution is -2.58. The monoisotopic (exact) mass is 726 g/mol. The van der Waals surface area contributed by atoms with Gasteiger partial charge in [0.25, 0.3) is 5.91 Å². The van der Waals surface area contributed by atoms with Crippen molar-refractivity contribution in [2.45, 2.75) is 90.2 Å². The Balaban J connectivity index is 0.960. The molecular weight excluding hydrogens is 680 g/mol. The number of carbonyl (C=O) groups excluding carboxylic acids is 3. The van der Waals surface area contributed by atoms with Gasteiger partial charge < -0.3 is 19.4 Å². The summed E-state index contributed by atoms with van der Waals surface area (Å²) in [7, 11) is 0. The summed E-state index contributed by atoms with van der Waals surface area (Å²) >= 11 is 6.12. The molecule has 274 valence electrons. The highest BCUT2D eigenvalue weighted by Crippen LogP contribution is 2.31. The van der Waals surface area contributed by atoms with Gasteiger partial charge in [-0.3, -0.25) is 14.5 Å². The number of halogens is 1. The third-order valence-corrected chi connectivity index (χ3v) is 10.7. The fourth-order valence-corrected chi connectivity index (χ4v) is 7.96. The van der Waals surface area contributed by atoms with E-state index in [0.717, 1.165) is 27.9 Å². The van der Waals surface area contributed by atoms with E-state index in [0.29, 0.717) is 69.1 Å². The van der Waals surface area contributed by atoms with Gasteiger partial charge in [0.1, 0.15) is 11.6 Å². The summed E-state index contributed by atoms with van der Waals surface area (Å²) in [5, 5.41) is 10.3. The van der Waals surface area contributed by atoms with Crippen LogP contribution >= 0.6 is 11.6 Å². The van der Waals surface area contributed by atoms with Gasteiger partial charge in [0, 0.05) is 73.4 Å². The predicted molar refractivity (Wildman–Crippen MR) is 199 cm³/mol. The fourth-order valence-electron chi connectivity index (χ4n) is 7.84. The molecule has 0 saturated carbocycles. The SMILES string of the molecule is C[C@@H]1CN(C(=O)OC(C)(C)C)C[C@H](C)N1Cc1cn(C2CCN(C3CCN(C(=O)c4cc(-c5ccc(Cl)cc5)nc5ccccc45)CC3)C2=O)nn1. The number of rotatable bonds is 6. The normalized spacial score (nSPS) is 22.0. The number of carbonyl (C=O) groups is 3. The van der Waals surface area contributed by atoms with Crippen LogP contribution in [-0.4, -0.2) is 114 Å². The summed E-state index contributed by atoms with van der Waals surface area (Å²) in [6.07, 6.45) is 3.70. The van der Waals surface area contributed by atoms with Crippen LogP contribution < -0.4 is 0 Å². The molecule has 4 aromatic rings. The van der Waals surface area contributed by atoms with E-state index in [1.54, 1.807) is 9.58 Å². The first-order valence-corrected chi connectivity index (χ1v) is 18.6. The molecule has 0 N–H and O–H groups in total. The molecule has 5 heterocycles. The summed E-state index contributed by atoms with van der Waals surface area (Å²) < 4.78 is 7.32. The topological polar surface area (TPSA) is 117 Å². The first kappa shape index (κ1) is 35.8. The lowest BCUT2D eigenvalue weighted by Gasteiger charge is -2.44. The molecule has 52 heavy (non-hydrogen) atoms. The highest BCUT2D eigenvalue weighted by molar-refractivity contribution is 6.30. The van der Waals surface area contributed by atoms with Crippen LogP contribution in [0.4, 0.5) is 4.79 Å². The zero-order chi connectivity index (χ0) is 36.7. The number of nitrogens with zero attached hydrogens (tertiary/aromatic N) is 8.